The summed E-state index contributed by atoms with van der Waals surface area (Å²) in [5, 5.41) is 8.50. The van der Waals surface area contributed by atoms with Crippen molar-refractivity contribution in [1.29, 1.82) is 0 Å². The van der Waals surface area contributed by atoms with Crippen molar-refractivity contribution in [2.75, 3.05) is 5.32 Å². The fourth-order valence-electron chi connectivity index (χ4n) is 3.94. The van der Waals surface area contributed by atoms with Crippen molar-refractivity contribution < 1.29 is 19.1 Å². The van der Waals surface area contributed by atoms with Crippen LogP contribution in [0.3, 0.4) is 0 Å². The van der Waals surface area contributed by atoms with Gasteiger partial charge in [-0.05, 0) is 60.2 Å². The molecule has 1 heterocycles. The first kappa shape index (κ1) is 29.5. The van der Waals surface area contributed by atoms with Crippen molar-refractivity contribution in [3.63, 3.8) is 0 Å². The molecule has 2 amide bonds. The molecule has 0 spiro atoms. The monoisotopic (exact) mass is 679 g/mol. The maximum atomic E-state index is 12.8. The number of nitrogens with one attached hydrogen (secondary N) is 2. The number of ether oxygens (including phenoxy) is 1. The summed E-state index contributed by atoms with van der Waals surface area (Å²) in [6, 6.07) is 26.0. The van der Waals surface area contributed by atoms with Crippen molar-refractivity contribution >= 4 is 90.2 Å². The van der Waals surface area contributed by atoms with Crippen LogP contribution in [0, 0.1) is 0 Å². The van der Waals surface area contributed by atoms with Crippen molar-refractivity contribution in [2.24, 2.45) is 5.10 Å². The molecule has 7 nitrogen and oxygen atoms in total. The summed E-state index contributed by atoms with van der Waals surface area (Å²) in [4.78, 5) is 38.3. The van der Waals surface area contributed by atoms with E-state index in [-0.39, 0.29) is 12.3 Å². The minimum Gasteiger partial charge on any atom is -0.426 e. The predicted molar refractivity (Wildman–Crippen MR) is 171 cm³/mol. The second-order valence-corrected chi connectivity index (χ2v) is 11.7. The summed E-state index contributed by atoms with van der Waals surface area (Å²) in [5.74, 6) is -0.952. The maximum Gasteiger partial charge on any atom is 0.315 e. The number of carbonyl (C=O) groups is 3. The van der Waals surface area contributed by atoms with Gasteiger partial charge in [0, 0.05) is 36.4 Å². The maximum absolute atomic E-state index is 12.8. The molecule has 210 valence electrons. The molecule has 0 aliphatic rings. The van der Waals surface area contributed by atoms with E-state index >= 15 is 0 Å². The Hall–Kier alpha value is -4.02. The standard InChI is InChI=1S/C31H20BrCl2N3O4S/c32-21-8-13-25(41-27(38)14-18-4-2-1-3-5-18)20(15-21)17-35-37-30(39)19-6-10-23(11-7-19)36-31(40)29-28(34)24-12-9-22(33)16-26(24)42-29/h1-13,15-17H,14H2,(H,36,40)(H,37,39)/b35-17-. The molecule has 0 unspecified atom stereocenters. The van der Waals surface area contributed by atoms with Gasteiger partial charge in [-0.15, -0.1) is 11.3 Å². The Morgan fingerprint density at radius 1 is 0.905 bits per heavy atom. The van der Waals surface area contributed by atoms with Crippen molar-refractivity contribution in [3.8, 4) is 5.75 Å². The number of anilines is 1. The van der Waals surface area contributed by atoms with E-state index in [9.17, 15) is 14.4 Å². The van der Waals surface area contributed by atoms with Gasteiger partial charge in [-0.1, -0.05) is 75.5 Å². The van der Waals surface area contributed by atoms with E-state index in [2.05, 4.69) is 31.8 Å². The molecule has 0 fully saturated rings. The molecule has 5 rings (SSSR count). The minimum atomic E-state index is -0.467. The highest BCUT2D eigenvalue weighted by molar-refractivity contribution is 9.10. The summed E-state index contributed by atoms with van der Waals surface area (Å²) in [6.07, 6.45) is 1.51. The summed E-state index contributed by atoms with van der Waals surface area (Å²) in [5.41, 5.74) is 4.60. The molecule has 11 heteroatoms. The second kappa shape index (κ2) is 13.3. The lowest BCUT2D eigenvalue weighted by Crippen LogP contribution is -2.18. The number of benzene rings is 4. The average molecular weight is 681 g/mol. The van der Waals surface area contributed by atoms with Gasteiger partial charge in [0.1, 0.15) is 10.6 Å². The quantitative estimate of drug-likeness (QED) is 0.0749. The molecule has 2 N–H and O–H groups in total. The van der Waals surface area contributed by atoms with Crippen LogP contribution in [0.5, 0.6) is 5.75 Å². The number of hydrogen-bond donors (Lipinski definition) is 2. The van der Waals surface area contributed by atoms with Gasteiger partial charge in [0.2, 0.25) is 0 Å². The lowest BCUT2D eigenvalue weighted by Gasteiger charge is -2.08. The topological polar surface area (TPSA) is 96.9 Å². The zero-order valence-corrected chi connectivity index (χ0v) is 25.5. The second-order valence-electron chi connectivity index (χ2n) is 8.93. The SMILES string of the molecule is O=C(Cc1ccccc1)Oc1ccc(Br)cc1/C=N\NC(=O)c1ccc(NC(=O)c2sc3cc(Cl)ccc3c2Cl)cc1. The Bertz CT molecular complexity index is 1830. The van der Waals surface area contributed by atoms with Crippen LogP contribution in [0.4, 0.5) is 5.69 Å². The van der Waals surface area contributed by atoms with E-state index in [0.29, 0.717) is 37.5 Å². The van der Waals surface area contributed by atoms with E-state index in [1.807, 2.05) is 30.3 Å². The largest absolute Gasteiger partial charge is 0.426 e. The third-order valence-electron chi connectivity index (χ3n) is 5.96. The fraction of sp³-hybridized carbons (Fsp3) is 0.0323. The van der Waals surface area contributed by atoms with Gasteiger partial charge in [-0.2, -0.15) is 5.10 Å². The summed E-state index contributed by atoms with van der Waals surface area (Å²) < 4.78 is 7.10. The molecule has 0 aliphatic carbocycles. The third-order valence-corrected chi connectivity index (χ3v) is 8.34. The van der Waals surface area contributed by atoms with Crippen LogP contribution >= 0.6 is 50.5 Å². The number of rotatable bonds is 8. The van der Waals surface area contributed by atoms with Gasteiger partial charge in [-0.3, -0.25) is 14.4 Å². The Morgan fingerprint density at radius 3 is 2.43 bits per heavy atom. The molecule has 4 aromatic carbocycles. The lowest BCUT2D eigenvalue weighted by molar-refractivity contribution is -0.133. The van der Waals surface area contributed by atoms with Gasteiger partial charge in [0.15, 0.2) is 0 Å². The van der Waals surface area contributed by atoms with Crippen LogP contribution in [0.25, 0.3) is 10.1 Å². The van der Waals surface area contributed by atoms with Crippen LogP contribution in [0.2, 0.25) is 10.0 Å². The lowest BCUT2D eigenvalue weighted by atomic mass is 10.1. The molecule has 0 saturated heterocycles. The highest BCUT2D eigenvalue weighted by atomic mass is 79.9. The van der Waals surface area contributed by atoms with Crippen molar-refractivity contribution in [1.82, 2.24) is 5.43 Å². The Kier molecular flexibility index (Phi) is 9.34. The molecular formula is C31H20BrCl2N3O4S. The molecule has 42 heavy (non-hydrogen) atoms. The van der Waals surface area contributed by atoms with E-state index in [0.717, 1.165) is 20.1 Å². The molecular weight excluding hydrogens is 661 g/mol. The van der Waals surface area contributed by atoms with Crippen LogP contribution in [-0.4, -0.2) is 24.0 Å². The molecule has 0 saturated carbocycles. The predicted octanol–water partition coefficient (Wildman–Crippen LogP) is 8.13. The Balaban J connectivity index is 1.20. The number of carbonyl (C=O) groups excluding carboxylic acids is 3. The number of esters is 1. The number of nitrogens with zero attached hydrogens (tertiary/aromatic N) is 1. The normalized spacial score (nSPS) is 11.0. The number of hydrogen-bond acceptors (Lipinski definition) is 6. The molecule has 0 atom stereocenters. The number of halogens is 3. The molecule has 5 aromatic rings. The van der Waals surface area contributed by atoms with Crippen LogP contribution in [0.15, 0.2) is 101 Å². The van der Waals surface area contributed by atoms with Crippen LogP contribution < -0.4 is 15.5 Å². The molecule has 1 aromatic heterocycles. The van der Waals surface area contributed by atoms with E-state index < -0.39 is 11.9 Å². The highest BCUT2D eigenvalue weighted by Gasteiger charge is 2.18. The number of thiophene rings is 1. The first-order chi connectivity index (χ1) is 20.3. The van der Waals surface area contributed by atoms with Crippen molar-refractivity contribution in [3.05, 3.63) is 127 Å². The molecule has 0 aliphatic heterocycles. The molecule has 0 radical (unpaired) electrons. The first-order valence-electron chi connectivity index (χ1n) is 12.4. The first-order valence-corrected chi connectivity index (χ1v) is 14.8. The number of fused-ring (bicyclic) bond motifs is 1. The highest BCUT2D eigenvalue weighted by Crippen LogP contribution is 2.37. The Morgan fingerprint density at radius 2 is 1.67 bits per heavy atom. The van der Waals surface area contributed by atoms with Gasteiger partial charge in [0.25, 0.3) is 11.8 Å². The fourth-order valence-corrected chi connectivity index (χ4v) is 6.00. The average Bonchev–Trinajstić information content (AvgIpc) is 3.30. The summed E-state index contributed by atoms with van der Waals surface area (Å²) >= 11 is 17.1. The van der Waals surface area contributed by atoms with Crippen LogP contribution in [-0.2, 0) is 11.2 Å². The smallest absolute Gasteiger partial charge is 0.315 e. The zero-order chi connectivity index (χ0) is 29.6. The van der Waals surface area contributed by atoms with Gasteiger partial charge in [-0.25, -0.2) is 5.43 Å². The van der Waals surface area contributed by atoms with Crippen LogP contribution in [0.1, 0.15) is 31.2 Å². The van der Waals surface area contributed by atoms with Gasteiger partial charge < -0.3 is 10.1 Å². The minimum absolute atomic E-state index is 0.118. The summed E-state index contributed by atoms with van der Waals surface area (Å²) in [7, 11) is 0. The van der Waals surface area contributed by atoms with E-state index in [1.54, 1.807) is 60.7 Å². The summed E-state index contributed by atoms with van der Waals surface area (Å²) in [6.45, 7) is 0. The van der Waals surface area contributed by atoms with E-state index in [4.69, 9.17) is 27.9 Å². The van der Waals surface area contributed by atoms with E-state index in [1.165, 1.54) is 17.6 Å². The number of amides is 2. The van der Waals surface area contributed by atoms with Gasteiger partial charge in [0.05, 0.1) is 17.7 Å². The molecule has 0 bridgehead atoms. The Labute approximate surface area is 263 Å². The zero-order valence-electron chi connectivity index (χ0n) is 21.6. The number of hydrazone groups is 1. The van der Waals surface area contributed by atoms with Gasteiger partial charge >= 0.3 is 5.97 Å². The third kappa shape index (κ3) is 7.24. The van der Waals surface area contributed by atoms with Crippen molar-refractivity contribution in [2.45, 2.75) is 6.42 Å².